The second kappa shape index (κ2) is 5.70. The normalized spacial score (nSPS) is 24.3. The molecule has 1 heterocycles. The fourth-order valence-electron chi connectivity index (χ4n) is 2.75. The molecule has 1 saturated carbocycles. The average Bonchev–Trinajstić information content (AvgIpc) is 3.14. The first-order valence-electron chi connectivity index (χ1n) is 6.77. The molecule has 1 atom stereocenters. The summed E-state index contributed by atoms with van der Waals surface area (Å²) >= 11 is 0. The van der Waals surface area contributed by atoms with Crippen molar-refractivity contribution >= 4 is 0 Å². The van der Waals surface area contributed by atoms with Gasteiger partial charge in [-0.25, -0.2) is 0 Å². The zero-order chi connectivity index (χ0) is 11.4. The molecule has 0 amide bonds. The van der Waals surface area contributed by atoms with Crippen LogP contribution < -0.4 is 5.32 Å². The molecule has 90 valence electrons. The Morgan fingerprint density at radius 3 is 2.50 bits per heavy atom. The van der Waals surface area contributed by atoms with Gasteiger partial charge in [-0.1, -0.05) is 12.8 Å². The van der Waals surface area contributed by atoms with E-state index in [0.29, 0.717) is 6.04 Å². The lowest BCUT2D eigenvalue weighted by molar-refractivity contribution is 0.168. The molecule has 1 N–H and O–H groups in total. The summed E-state index contributed by atoms with van der Waals surface area (Å²) in [6.45, 7) is 5.82. The van der Waals surface area contributed by atoms with E-state index in [2.05, 4.69) is 23.1 Å². The maximum atomic E-state index is 5.65. The van der Waals surface area contributed by atoms with E-state index >= 15 is 0 Å². The van der Waals surface area contributed by atoms with Crippen molar-refractivity contribution in [1.82, 2.24) is 10.2 Å². The maximum absolute atomic E-state index is 5.65. The quantitative estimate of drug-likeness (QED) is 0.712. The Hall–Kier alpha value is -0.520. The van der Waals surface area contributed by atoms with E-state index in [0.717, 1.165) is 18.4 Å². The molecular weight excluding hydrogens is 196 g/mol. The van der Waals surface area contributed by atoms with Crippen molar-refractivity contribution < 1.29 is 0 Å². The zero-order valence-electron chi connectivity index (χ0n) is 10.4. The van der Waals surface area contributed by atoms with Crippen molar-refractivity contribution in [3.05, 3.63) is 0 Å². The largest absolute Gasteiger partial charge is 0.317 e. The third-order valence-corrected chi connectivity index (χ3v) is 3.92. The van der Waals surface area contributed by atoms with Gasteiger partial charge in [0.1, 0.15) is 0 Å². The highest BCUT2D eigenvalue weighted by Crippen LogP contribution is 2.31. The number of nitrogens with one attached hydrogen (secondary N) is 1. The minimum absolute atomic E-state index is 0.377. The van der Waals surface area contributed by atoms with Crippen LogP contribution in [0.1, 0.15) is 39.0 Å². The number of rotatable bonds is 5. The van der Waals surface area contributed by atoms with Gasteiger partial charge in [-0.2, -0.15) is 0 Å². The molecule has 0 aromatic rings. The number of nitrogens with zero attached hydrogens (tertiary/aromatic N) is 1. The summed E-state index contributed by atoms with van der Waals surface area (Å²) < 4.78 is 0. The van der Waals surface area contributed by atoms with Crippen LogP contribution in [0.15, 0.2) is 0 Å². The molecule has 1 unspecified atom stereocenters. The van der Waals surface area contributed by atoms with E-state index in [1.807, 2.05) is 0 Å². The van der Waals surface area contributed by atoms with Crippen LogP contribution in [-0.2, 0) is 0 Å². The maximum Gasteiger partial charge on any atom is 0.0711 e. The molecule has 2 rings (SSSR count). The van der Waals surface area contributed by atoms with Crippen molar-refractivity contribution in [3.63, 3.8) is 0 Å². The topological polar surface area (TPSA) is 15.3 Å². The fraction of sp³-hybridized carbons (Fsp3) is 0.857. The Kier molecular flexibility index (Phi) is 4.26. The van der Waals surface area contributed by atoms with Gasteiger partial charge >= 0.3 is 0 Å². The Balaban J connectivity index is 1.89. The SMILES string of the molecule is C#CC(CC)N(CC1CCNCC1)C1CC1. The number of hydrogen-bond donors (Lipinski definition) is 1. The van der Waals surface area contributed by atoms with Crippen molar-refractivity contribution in [2.45, 2.75) is 51.1 Å². The van der Waals surface area contributed by atoms with Crippen LogP contribution in [0.5, 0.6) is 0 Å². The second-order valence-electron chi connectivity index (χ2n) is 5.21. The summed E-state index contributed by atoms with van der Waals surface area (Å²) in [5.41, 5.74) is 0. The summed E-state index contributed by atoms with van der Waals surface area (Å²) in [7, 11) is 0. The first-order chi connectivity index (χ1) is 7.85. The zero-order valence-corrected chi connectivity index (χ0v) is 10.4. The van der Waals surface area contributed by atoms with Gasteiger partial charge in [0.2, 0.25) is 0 Å². The molecule has 2 fully saturated rings. The van der Waals surface area contributed by atoms with E-state index in [4.69, 9.17) is 6.42 Å². The predicted octanol–water partition coefficient (Wildman–Crippen LogP) is 1.86. The van der Waals surface area contributed by atoms with Crippen LogP contribution in [0.4, 0.5) is 0 Å². The van der Waals surface area contributed by atoms with Gasteiger partial charge in [0.15, 0.2) is 0 Å². The predicted molar refractivity (Wildman–Crippen MR) is 68.2 cm³/mol. The Morgan fingerprint density at radius 2 is 2.00 bits per heavy atom. The summed E-state index contributed by atoms with van der Waals surface area (Å²) in [6, 6.07) is 1.18. The average molecular weight is 220 g/mol. The highest BCUT2D eigenvalue weighted by molar-refractivity contribution is 5.03. The highest BCUT2D eigenvalue weighted by atomic mass is 15.2. The van der Waals surface area contributed by atoms with Gasteiger partial charge in [-0.3, -0.25) is 4.90 Å². The van der Waals surface area contributed by atoms with E-state index in [1.54, 1.807) is 0 Å². The summed E-state index contributed by atoms with van der Waals surface area (Å²) in [4.78, 5) is 2.61. The van der Waals surface area contributed by atoms with Crippen molar-refractivity contribution in [3.8, 4) is 12.3 Å². The minimum atomic E-state index is 0.377. The molecule has 0 spiro atoms. The third-order valence-electron chi connectivity index (χ3n) is 3.92. The molecule has 0 radical (unpaired) electrons. The van der Waals surface area contributed by atoms with Gasteiger partial charge in [0, 0.05) is 12.6 Å². The van der Waals surface area contributed by atoms with Crippen LogP contribution in [0, 0.1) is 18.3 Å². The molecule has 1 aliphatic heterocycles. The van der Waals surface area contributed by atoms with Crippen molar-refractivity contribution in [1.29, 1.82) is 0 Å². The molecule has 1 saturated heterocycles. The minimum Gasteiger partial charge on any atom is -0.317 e. The van der Waals surface area contributed by atoms with Crippen LogP contribution in [0.3, 0.4) is 0 Å². The summed E-state index contributed by atoms with van der Waals surface area (Å²) in [5, 5.41) is 3.43. The molecule has 2 heteroatoms. The second-order valence-corrected chi connectivity index (χ2v) is 5.21. The Labute approximate surface area is 99.8 Å². The molecule has 0 bridgehead atoms. The molecule has 16 heavy (non-hydrogen) atoms. The van der Waals surface area contributed by atoms with Crippen molar-refractivity contribution in [2.75, 3.05) is 19.6 Å². The van der Waals surface area contributed by atoms with Gasteiger partial charge in [-0.15, -0.1) is 6.42 Å². The summed E-state index contributed by atoms with van der Waals surface area (Å²) in [5.74, 6) is 3.84. The first kappa shape index (κ1) is 12.0. The first-order valence-corrected chi connectivity index (χ1v) is 6.77. The van der Waals surface area contributed by atoms with Crippen LogP contribution in [-0.4, -0.2) is 36.6 Å². The highest BCUT2D eigenvalue weighted by Gasteiger charge is 2.34. The van der Waals surface area contributed by atoms with Gasteiger partial charge < -0.3 is 5.32 Å². The molecule has 1 aliphatic carbocycles. The van der Waals surface area contributed by atoms with Crippen LogP contribution in [0.25, 0.3) is 0 Å². The summed E-state index contributed by atoms with van der Waals surface area (Å²) in [6.07, 6.45) is 12.1. The lowest BCUT2D eigenvalue weighted by atomic mass is 9.96. The van der Waals surface area contributed by atoms with Crippen molar-refractivity contribution in [2.24, 2.45) is 5.92 Å². The number of hydrogen-bond acceptors (Lipinski definition) is 2. The third kappa shape index (κ3) is 2.99. The number of terminal acetylenes is 1. The van der Waals surface area contributed by atoms with E-state index in [1.165, 1.54) is 45.3 Å². The van der Waals surface area contributed by atoms with E-state index < -0.39 is 0 Å². The molecule has 0 aromatic carbocycles. The smallest absolute Gasteiger partial charge is 0.0711 e. The molecular formula is C14H24N2. The fourth-order valence-corrected chi connectivity index (χ4v) is 2.75. The van der Waals surface area contributed by atoms with Gasteiger partial charge in [0.25, 0.3) is 0 Å². The lowest BCUT2D eigenvalue weighted by Gasteiger charge is -2.33. The number of piperidine rings is 1. The van der Waals surface area contributed by atoms with Crippen LogP contribution in [0.2, 0.25) is 0 Å². The monoisotopic (exact) mass is 220 g/mol. The Bertz CT molecular complexity index is 246. The standard InChI is InChI=1S/C14H24N2/c1-3-13(4-2)16(14-5-6-14)11-12-7-9-15-10-8-12/h1,12-15H,4-11H2,2H3. The van der Waals surface area contributed by atoms with Crippen LogP contribution >= 0.6 is 0 Å². The molecule has 2 nitrogen and oxygen atoms in total. The van der Waals surface area contributed by atoms with Gasteiger partial charge in [0.05, 0.1) is 6.04 Å². The Morgan fingerprint density at radius 1 is 1.31 bits per heavy atom. The lowest BCUT2D eigenvalue weighted by Crippen LogP contribution is -2.42. The van der Waals surface area contributed by atoms with E-state index in [9.17, 15) is 0 Å². The molecule has 2 aliphatic rings. The molecule has 0 aromatic heterocycles. The van der Waals surface area contributed by atoms with E-state index in [-0.39, 0.29) is 0 Å². The van der Waals surface area contributed by atoms with Gasteiger partial charge in [-0.05, 0) is 51.1 Å².